The molecule has 7 rings (SSSR count). The number of amides is 4. The molecule has 1 saturated heterocycles. The van der Waals surface area contributed by atoms with Crippen molar-refractivity contribution in [3.63, 3.8) is 0 Å². The van der Waals surface area contributed by atoms with Gasteiger partial charge in [-0.3, -0.25) is 9.59 Å². The molecule has 75 heavy (non-hydrogen) atoms. The molecule has 1 fully saturated rings. The Morgan fingerprint density at radius 2 is 0.920 bits per heavy atom. The molecule has 15 nitrogen and oxygen atoms in total. The Morgan fingerprint density at radius 1 is 0.547 bits per heavy atom. The number of benzene rings is 6. The first kappa shape index (κ1) is 58.9. The number of halogens is 11. The van der Waals surface area contributed by atoms with E-state index in [9.17, 15) is 60.5 Å². The third-order valence-corrected chi connectivity index (χ3v) is 12.2. The average molecular weight is 1150 g/mol. The van der Waals surface area contributed by atoms with Gasteiger partial charge >= 0.3 is 30.3 Å². The first-order valence-corrected chi connectivity index (χ1v) is 23.0. The van der Waals surface area contributed by atoms with Crippen molar-refractivity contribution in [1.29, 1.82) is 0 Å². The van der Waals surface area contributed by atoms with E-state index >= 15 is 0 Å². The Labute approximate surface area is 448 Å². The number of hydrogen-bond donors (Lipinski definition) is 8. The van der Waals surface area contributed by atoms with E-state index in [1.165, 1.54) is 6.07 Å². The highest BCUT2D eigenvalue weighted by molar-refractivity contribution is 6.43. The summed E-state index contributed by atoms with van der Waals surface area (Å²) < 4.78 is 85.5. The number of carboxylic acids is 2. The predicted octanol–water partition coefficient (Wildman–Crippen LogP) is 8.70. The van der Waals surface area contributed by atoms with Gasteiger partial charge in [0.15, 0.2) is 0 Å². The second-order valence-corrected chi connectivity index (χ2v) is 17.4. The van der Waals surface area contributed by atoms with E-state index in [1.807, 2.05) is 0 Å². The Balaban J connectivity index is 0.000000280. The Kier molecular flexibility index (Phi) is 20.0. The Morgan fingerprint density at radius 3 is 1.28 bits per heavy atom. The molecule has 26 heteroatoms. The fraction of sp³-hybridized carbons (Fsp3) is 0.163. The number of ether oxygens (including phenoxy) is 1. The summed E-state index contributed by atoms with van der Waals surface area (Å²) in [5, 5.41) is 31.9. The Bertz CT molecular complexity index is 3090. The molecule has 0 spiro atoms. The molecule has 1 aliphatic heterocycles. The number of morpholine rings is 1. The molecule has 1 heterocycles. The number of nitrogens with zero attached hydrogens (tertiary/aromatic N) is 1. The lowest BCUT2D eigenvalue weighted by Gasteiger charge is -2.26. The third-order valence-electron chi connectivity index (χ3n) is 10.8. The number of aromatic carboxylic acids is 2. The summed E-state index contributed by atoms with van der Waals surface area (Å²) in [6.07, 6.45) is -9.37. The van der Waals surface area contributed by atoms with Gasteiger partial charge in [0.05, 0.1) is 96.0 Å². The highest BCUT2D eigenvalue weighted by Crippen LogP contribution is 2.38. The number of alkyl halides is 6. The molecule has 396 valence electrons. The van der Waals surface area contributed by atoms with Crippen molar-refractivity contribution in [1.82, 2.24) is 10.2 Å². The smallest absolute Gasteiger partial charge is 0.416 e. The second-order valence-electron chi connectivity index (χ2n) is 15.8. The number of urea groups is 1. The zero-order valence-electron chi connectivity index (χ0n) is 38.3. The third kappa shape index (κ3) is 15.8. The minimum absolute atomic E-state index is 0. The van der Waals surface area contributed by atoms with Crippen LogP contribution in [-0.2, 0) is 30.2 Å². The standard InChI is InChI=1S/C27H23Cl2F3N4O5.C22H16Cl2F3N3O3.ClH/c28-20-12-18(19(25(38)39)13-21(20)29)24(37)35-23-11-16(27(30,31)32)3-6-22(23)34-17-4-1-15(2-5-17)14-33-26(40)36-7-9-41-10-8-36;23-16-8-14(15(21(32)33)9-17(16)24)20(31)30-19-7-12(22(25,26)27)3-6-18(19)29-13-4-1-11(10-28)2-5-13;/h1-6,11-13,34H,7-10,14H2,(H,33,40)(H,35,37)(H,38,39);1-9,29H,10,28H2,(H,30,31)(H,32,33);1H. The van der Waals surface area contributed by atoms with Gasteiger partial charge in [-0.05, 0) is 90.5 Å². The molecule has 6 aromatic rings. The molecule has 0 atom stereocenters. The summed E-state index contributed by atoms with van der Waals surface area (Å²) >= 11 is 23.6. The highest BCUT2D eigenvalue weighted by Gasteiger charge is 2.33. The molecule has 0 aromatic heterocycles. The molecule has 0 bridgehead atoms. The van der Waals surface area contributed by atoms with E-state index in [1.54, 1.807) is 53.4 Å². The zero-order chi connectivity index (χ0) is 54.1. The fourth-order valence-corrected chi connectivity index (χ4v) is 7.55. The van der Waals surface area contributed by atoms with Crippen molar-refractivity contribution >= 4 is 110 Å². The maximum atomic E-state index is 13.5. The average Bonchev–Trinajstić information content (AvgIpc) is 3.35. The van der Waals surface area contributed by atoms with Crippen LogP contribution in [0.25, 0.3) is 0 Å². The number of carboxylic acid groups (broad SMARTS) is 2. The van der Waals surface area contributed by atoms with E-state index in [2.05, 4.69) is 32.3 Å². The van der Waals surface area contributed by atoms with Crippen LogP contribution in [0, 0.1) is 0 Å². The first-order valence-electron chi connectivity index (χ1n) is 21.5. The van der Waals surface area contributed by atoms with Crippen LogP contribution in [0.5, 0.6) is 0 Å². The van der Waals surface area contributed by atoms with Gasteiger partial charge in [-0.15, -0.1) is 0 Å². The molecule has 1 aliphatic rings. The first-order chi connectivity index (χ1) is 34.9. The molecule has 4 amide bonds. The molecule has 10 N–H and O–H groups in total. The normalized spacial score (nSPS) is 12.3. The van der Waals surface area contributed by atoms with Crippen LogP contribution < -0.4 is 44.7 Å². The fourth-order valence-electron chi connectivity index (χ4n) is 6.90. The largest absolute Gasteiger partial charge is 1.00 e. The van der Waals surface area contributed by atoms with Crippen LogP contribution >= 0.6 is 46.4 Å². The molecular weight excluding hydrogens is 1110 g/mol. The quantitative estimate of drug-likeness (QED) is 0.0514. The van der Waals surface area contributed by atoms with E-state index in [0.29, 0.717) is 44.2 Å². The number of carbonyl (C=O) groups is 5. The van der Waals surface area contributed by atoms with E-state index in [-0.39, 0.29) is 73.4 Å². The van der Waals surface area contributed by atoms with Crippen LogP contribution in [-0.4, -0.2) is 71.2 Å². The number of nitrogens with one attached hydrogen (secondary N) is 5. The molecule has 0 radical (unpaired) electrons. The second kappa shape index (κ2) is 25.5. The van der Waals surface area contributed by atoms with Crippen LogP contribution in [0.15, 0.2) is 109 Å². The van der Waals surface area contributed by atoms with E-state index in [0.717, 1.165) is 65.7 Å². The molecule has 6 aromatic carbocycles. The summed E-state index contributed by atoms with van der Waals surface area (Å²) in [4.78, 5) is 63.0. The highest BCUT2D eigenvalue weighted by atomic mass is 35.5. The Hall–Kier alpha value is -6.98. The van der Waals surface area contributed by atoms with Crippen molar-refractivity contribution in [3.05, 3.63) is 174 Å². The van der Waals surface area contributed by atoms with Gasteiger partial charge < -0.3 is 64.6 Å². The molecule has 0 aliphatic carbocycles. The van der Waals surface area contributed by atoms with Crippen molar-refractivity contribution < 1.29 is 83.4 Å². The van der Waals surface area contributed by atoms with Crippen molar-refractivity contribution in [3.8, 4) is 0 Å². The molecular formula is C49H40Cl5F6N7O8. The topological polar surface area (TPSA) is 226 Å². The van der Waals surface area contributed by atoms with Crippen LogP contribution in [0.4, 0.5) is 65.3 Å². The maximum absolute atomic E-state index is 13.5. The van der Waals surface area contributed by atoms with Crippen molar-refractivity contribution in [2.45, 2.75) is 25.4 Å². The van der Waals surface area contributed by atoms with E-state index < -0.39 is 63.9 Å². The maximum Gasteiger partial charge on any atom is 0.416 e. The van der Waals surface area contributed by atoms with Gasteiger partial charge in [0.25, 0.3) is 11.8 Å². The monoisotopic (exact) mass is 1140 g/mol. The molecule has 0 unspecified atom stereocenters. The van der Waals surface area contributed by atoms with Crippen molar-refractivity contribution in [2.24, 2.45) is 0 Å². The lowest BCUT2D eigenvalue weighted by atomic mass is 10.1. The predicted molar refractivity (Wildman–Crippen MR) is 266 cm³/mol. The van der Waals surface area contributed by atoms with Gasteiger partial charge in [0, 0.05) is 36.6 Å². The summed E-state index contributed by atoms with van der Waals surface area (Å²) in [7, 11) is 0. The van der Waals surface area contributed by atoms with E-state index in [4.69, 9.17) is 51.1 Å². The van der Waals surface area contributed by atoms with Gasteiger partial charge in [-0.2, -0.15) is 26.3 Å². The lowest BCUT2D eigenvalue weighted by Crippen LogP contribution is -3.00. The summed E-state index contributed by atoms with van der Waals surface area (Å²) in [6.45, 7) is 2.79. The lowest BCUT2D eigenvalue weighted by molar-refractivity contribution is -0.386. The summed E-state index contributed by atoms with van der Waals surface area (Å²) in [6, 6.07) is 23.1. The van der Waals surface area contributed by atoms with Crippen LogP contribution in [0.2, 0.25) is 20.1 Å². The number of hydrogen-bond acceptors (Lipinski definition) is 8. The number of carbonyl (C=O) groups excluding carboxylic acids is 3. The van der Waals surface area contributed by atoms with Crippen LogP contribution in [0.1, 0.15) is 63.7 Å². The van der Waals surface area contributed by atoms with Gasteiger partial charge in [-0.25, -0.2) is 14.4 Å². The van der Waals surface area contributed by atoms with Gasteiger partial charge in [0.2, 0.25) is 0 Å². The van der Waals surface area contributed by atoms with Gasteiger partial charge in [-0.1, -0.05) is 70.7 Å². The minimum Gasteiger partial charge on any atom is -1.00 e. The zero-order valence-corrected chi connectivity index (χ0v) is 42.1. The number of rotatable bonds is 13. The summed E-state index contributed by atoms with van der Waals surface area (Å²) in [5.74, 6) is -4.90. The van der Waals surface area contributed by atoms with Crippen molar-refractivity contribution in [2.75, 3.05) is 47.6 Å². The molecule has 0 saturated carbocycles. The minimum atomic E-state index is -4.71. The SMILES string of the molecule is O=C(O)c1cc(Cl)c(Cl)cc1C(=O)Nc1cc(C(F)(F)F)ccc1Nc1ccc(CNC(=O)N2CCOCC2)cc1.[Cl-].[NH3+]Cc1ccc(Nc2ccc(C(F)(F)F)cc2NC(=O)c2cc(Cl)c(Cl)cc2C(=O)O)cc1. The van der Waals surface area contributed by atoms with Crippen LogP contribution in [0.3, 0.4) is 0 Å². The summed E-state index contributed by atoms with van der Waals surface area (Å²) in [5.41, 5.74) is 2.65. The number of quaternary nitrogens is 1. The number of anilines is 6. The van der Waals surface area contributed by atoms with Gasteiger partial charge in [0.1, 0.15) is 0 Å².